The standard InChI is InChI=1S/C18H22FN7S.HI/c1-13-24-25-17(26(13)2)12-23-18(21-9-7-14-5-4-10-27-14)22-11-16-15(19)6-3-8-20-16;/h3-6,8,10H,7,9,11-12H2,1-2H3,(H2,21,22,23);1H. The fraction of sp³-hybridized carbons (Fsp3) is 0.333. The first-order valence-corrected chi connectivity index (χ1v) is 9.50. The van der Waals surface area contributed by atoms with Crippen LogP contribution in [-0.2, 0) is 26.6 Å². The van der Waals surface area contributed by atoms with Gasteiger partial charge in [-0.25, -0.2) is 9.38 Å². The van der Waals surface area contributed by atoms with Gasteiger partial charge in [0.1, 0.15) is 11.6 Å². The maximum atomic E-state index is 13.8. The van der Waals surface area contributed by atoms with Gasteiger partial charge in [-0.3, -0.25) is 4.98 Å². The van der Waals surface area contributed by atoms with Crippen LogP contribution in [0.1, 0.15) is 22.2 Å². The second kappa shape index (κ2) is 11.1. The molecule has 0 saturated carbocycles. The third kappa shape index (κ3) is 6.23. The minimum absolute atomic E-state index is 0. The van der Waals surface area contributed by atoms with Crippen LogP contribution in [-0.4, -0.2) is 32.3 Å². The van der Waals surface area contributed by atoms with E-state index in [2.05, 4.69) is 42.3 Å². The number of nitrogens with zero attached hydrogens (tertiary/aromatic N) is 5. The summed E-state index contributed by atoms with van der Waals surface area (Å²) >= 11 is 1.72. The predicted molar refractivity (Wildman–Crippen MR) is 119 cm³/mol. The van der Waals surface area contributed by atoms with Crippen LogP contribution < -0.4 is 10.6 Å². The average molecular weight is 515 g/mol. The maximum absolute atomic E-state index is 13.8. The van der Waals surface area contributed by atoms with Crippen molar-refractivity contribution >= 4 is 41.3 Å². The highest BCUT2D eigenvalue weighted by atomic mass is 127. The summed E-state index contributed by atoms with van der Waals surface area (Å²) in [5, 5.41) is 16.8. The number of hydrogen-bond acceptors (Lipinski definition) is 5. The molecule has 0 fully saturated rings. The van der Waals surface area contributed by atoms with E-state index in [1.807, 2.05) is 24.6 Å². The lowest BCUT2D eigenvalue weighted by atomic mass is 10.3. The van der Waals surface area contributed by atoms with Gasteiger partial charge in [0.2, 0.25) is 0 Å². The SMILES string of the molecule is Cc1nnc(CNC(=NCc2ncccc2F)NCCc2cccs2)n1C.I. The molecule has 28 heavy (non-hydrogen) atoms. The Morgan fingerprint density at radius 1 is 1.25 bits per heavy atom. The molecule has 0 amide bonds. The number of halogens is 2. The smallest absolute Gasteiger partial charge is 0.192 e. The lowest BCUT2D eigenvalue weighted by Gasteiger charge is -2.12. The fourth-order valence-electron chi connectivity index (χ4n) is 2.39. The minimum atomic E-state index is -0.358. The van der Waals surface area contributed by atoms with Crippen molar-refractivity contribution in [3.63, 3.8) is 0 Å². The molecule has 0 spiro atoms. The Labute approximate surface area is 184 Å². The molecule has 10 heteroatoms. The van der Waals surface area contributed by atoms with Gasteiger partial charge in [-0.15, -0.1) is 45.5 Å². The van der Waals surface area contributed by atoms with Crippen LogP contribution in [0, 0.1) is 12.7 Å². The van der Waals surface area contributed by atoms with Gasteiger partial charge in [-0.2, -0.15) is 0 Å². The first-order chi connectivity index (χ1) is 13.1. The number of aromatic nitrogens is 4. The predicted octanol–water partition coefficient (Wildman–Crippen LogP) is 2.82. The number of hydrogen-bond donors (Lipinski definition) is 2. The van der Waals surface area contributed by atoms with Gasteiger partial charge in [0, 0.05) is 24.7 Å². The zero-order valence-electron chi connectivity index (χ0n) is 15.7. The summed E-state index contributed by atoms with van der Waals surface area (Å²) < 4.78 is 15.7. The van der Waals surface area contributed by atoms with Crippen LogP contribution in [0.3, 0.4) is 0 Å². The molecule has 3 rings (SSSR count). The number of thiophene rings is 1. The van der Waals surface area contributed by atoms with Crippen LogP contribution >= 0.6 is 35.3 Å². The largest absolute Gasteiger partial charge is 0.356 e. The number of aryl methyl sites for hydroxylation is 1. The maximum Gasteiger partial charge on any atom is 0.192 e. The lowest BCUT2D eigenvalue weighted by molar-refractivity contribution is 0.599. The van der Waals surface area contributed by atoms with Crippen molar-refractivity contribution in [1.29, 1.82) is 0 Å². The monoisotopic (exact) mass is 515 g/mol. The summed E-state index contributed by atoms with van der Waals surface area (Å²) in [6, 6.07) is 7.09. The Morgan fingerprint density at radius 3 is 2.79 bits per heavy atom. The van der Waals surface area contributed by atoms with Crippen LogP contribution in [0.4, 0.5) is 4.39 Å². The summed E-state index contributed by atoms with van der Waals surface area (Å²) in [5.41, 5.74) is 0.311. The molecule has 0 atom stereocenters. The molecule has 3 heterocycles. The summed E-state index contributed by atoms with van der Waals surface area (Å²) in [6.45, 7) is 3.23. The molecule has 150 valence electrons. The normalized spacial score (nSPS) is 11.2. The Morgan fingerprint density at radius 2 is 2.11 bits per heavy atom. The first kappa shape index (κ1) is 22.2. The summed E-state index contributed by atoms with van der Waals surface area (Å²) in [4.78, 5) is 9.80. The Hall–Kier alpha value is -2.08. The molecular weight excluding hydrogens is 492 g/mol. The number of rotatable bonds is 7. The van der Waals surface area contributed by atoms with Gasteiger partial charge >= 0.3 is 0 Å². The van der Waals surface area contributed by atoms with Gasteiger partial charge in [-0.1, -0.05) is 6.07 Å². The highest BCUT2D eigenvalue weighted by Gasteiger charge is 2.07. The second-order valence-corrected chi connectivity index (χ2v) is 6.96. The fourth-order valence-corrected chi connectivity index (χ4v) is 3.10. The average Bonchev–Trinajstić information content (AvgIpc) is 3.29. The lowest BCUT2D eigenvalue weighted by Crippen LogP contribution is -2.38. The van der Waals surface area contributed by atoms with Gasteiger partial charge in [-0.05, 0) is 36.9 Å². The Bertz CT molecular complexity index is 895. The summed E-state index contributed by atoms with van der Waals surface area (Å²) in [5.74, 6) is 1.86. The van der Waals surface area contributed by atoms with Crippen molar-refractivity contribution in [3.05, 3.63) is 63.9 Å². The molecule has 0 radical (unpaired) electrons. The van der Waals surface area contributed by atoms with Gasteiger partial charge < -0.3 is 15.2 Å². The Balaban J connectivity index is 0.00000280. The molecule has 0 aliphatic heterocycles. The van der Waals surface area contributed by atoms with E-state index < -0.39 is 0 Å². The van der Waals surface area contributed by atoms with Crippen molar-refractivity contribution in [2.24, 2.45) is 12.0 Å². The molecule has 7 nitrogen and oxygen atoms in total. The van der Waals surface area contributed by atoms with E-state index >= 15 is 0 Å². The van der Waals surface area contributed by atoms with Gasteiger partial charge in [0.05, 0.1) is 18.8 Å². The zero-order valence-corrected chi connectivity index (χ0v) is 18.9. The quantitative estimate of drug-likeness (QED) is 0.288. The van der Waals surface area contributed by atoms with E-state index in [0.717, 1.165) is 24.6 Å². The highest BCUT2D eigenvalue weighted by molar-refractivity contribution is 14.0. The summed E-state index contributed by atoms with van der Waals surface area (Å²) in [6.07, 6.45) is 2.45. The van der Waals surface area contributed by atoms with Crippen molar-refractivity contribution in [3.8, 4) is 0 Å². The van der Waals surface area contributed by atoms with E-state index in [0.29, 0.717) is 18.2 Å². The Kier molecular flexibility index (Phi) is 8.77. The van der Waals surface area contributed by atoms with Crippen molar-refractivity contribution in [1.82, 2.24) is 30.4 Å². The first-order valence-electron chi connectivity index (χ1n) is 8.62. The van der Waals surface area contributed by atoms with Gasteiger partial charge in [0.25, 0.3) is 0 Å². The molecule has 0 bridgehead atoms. The molecule has 0 aliphatic carbocycles. The van der Waals surface area contributed by atoms with Crippen molar-refractivity contribution in [2.45, 2.75) is 26.4 Å². The molecule has 3 aromatic heterocycles. The number of guanidine groups is 1. The third-order valence-electron chi connectivity index (χ3n) is 4.06. The third-order valence-corrected chi connectivity index (χ3v) is 5.00. The van der Waals surface area contributed by atoms with Crippen LogP contribution in [0.5, 0.6) is 0 Å². The topological polar surface area (TPSA) is 80.0 Å². The molecule has 0 unspecified atom stereocenters. The van der Waals surface area contributed by atoms with E-state index in [1.54, 1.807) is 23.6 Å². The zero-order chi connectivity index (χ0) is 19.1. The minimum Gasteiger partial charge on any atom is -0.356 e. The van der Waals surface area contributed by atoms with E-state index in [9.17, 15) is 4.39 Å². The molecule has 0 saturated heterocycles. The van der Waals surface area contributed by atoms with E-state index in [1.165, 1.54) is 10.9 Å². The molecule has 0 aromatic carbocycles. The van der Waals surface area contributed by atoms with Gasteiger partial charge in [0.15, 0.2) is 11.8 Å². The highest BCUT2D eigenvalue weighted by Crippen LogP contribution is 2.08. The van der Waals surface area contributed by atoms with Crippen molar-refractivity contribution < 1.29 is 4.39 Å². The van der Waals surface area contributed by atoms with Crippen LogP contribution in [0.25, 0.3) is 0 Å². The number of nitrogens with one attached hydrogen (secondary N) is 2. The number of aliphatic imine (C=N–C) groups is 1. The molecule has 2 N–H and O–H groups in total. The summed E-state index contributed by atoms with van der Waals surface area (Å²) in [7, 11) is 1.91. The van der Waals surface area contributed by atoms with Crippen LogP contribution in [0.15, 0.2) is 40.8 Å². The molecular formula is C18H23FIN7S. The van der Waals surface area contributed by atoms with Crippen molar-refractivity contribution in [2.75, 3.05) is 6.54 Å². The second-order valence-electron chi connectivity index (χ2n) is 5.93. The van der Waals surface area contributed by atoms with E-state index in [-0.39, 0.29) is 36.3 Å². The van der Waals surface area contributed by atoms with Crippen LogP contribution in [0.2, 0.25) is 0 Å². The number of pyridine rings is 1. The molecule has 0 aliphatic rings. The van der Waals surface area contributed by atoms with E-state index in [4.69, 9.17) is 0 Å². The molecule has 3 aromatic rings.